The second-order valence-corrected chi connectivity index (χ2v) is 10.4. The highest BCUT2D eigenvalue weighted by Crippen LogP contribution is 2.67. The summed E-state index contributed by atoms with van der Waals surface area (Å²) in [5.74, 6) is -0.0668. The normalized spacial score (nSPS) is 43.9. The van der Waals surface area contributed by atoms with Crippen LogP contribution in [-0.2, 0) is 19.1 Å². The smallest absolute Gasteiger partial charge is 0.435 e. The number of carbonyl (C=O) groups excluding carboxylic acids is 3. The zero-order valence-electron chi connectivity index (χ0n) is 18.7. The fraction of sp³-hybridized carbons (Fsp3) is 0.792. The minimum absolute atomic E-state index is 0.0203. The van der Waals surface area contributed by atoms with Crippen molar-refractivity contribution in [3.8, 4) is 0 Å². The van der Waals surface area contributed by atoms with E-state index in [1.54, 1.807) is 13.0 Å². The second-order valence-electron chi connectivity index (χ2n) is 10.4. The molecule has 0 saturated heterocycles. The van der Waals surface area contributed by atoms with Gasteiger partial charge in [0, 0.05) is 11.8 Å². The third-order valence-corrected chi connectivity index (χ3v) is 9.09. The van der Waals surface area contributed by atoms with Gasteiger partial charge in [-0.05, 0) is 74.7 Å². The number of carbonyl (C=O) groups is 3. The number of allylic oxidation sites excluding steroid dienone is 1. The Kier molecular flexibility index (Phi) is 5.58. The number of fused-ring (bicyclic) bond motifs is 5. The molecule has 7 atom stereocenters. The van der Waals surface area contributed by atoms with Crippen LogP contribution in [0.3, 0.4) is 0 Å². The highest BCUT2D eigenvalue weighted by molar-refractivity contribution is 5.92. The Balaban J connectivity index is 1.59. The summed E-state index contributed by atoms with van der Waals surface area (Å²) in [7, 11) is 0. The van der Waals surface area contributed by atoms with Gasteiger partial charge in [0.15, 0.2) is 12.4 Å². The zero-order valence-corrected chi connectivity index (χ0v) is 18.7. The van der Waals surface area contributed by atoms with Crippen molar-refractivity contribution in [2.24, 2.45) is 28.6 Å². The highest BCUT2D eigenvalue weighted by atomic mass is 16.7. The van der Waals surface area contributed by atoms with E-state index in [0.717, 1.165) is 24.8 Å². The highest BCUT2D eigenvalue weighted by Gasteiger charge is 2.68. The molecule has 3 saturated carbocycles. The van der Waals surface area contributed by atoms with Crippen LogP contribution >= 0.6 is 0 Å². The van der Waals surface area contributed by atoms with Gasteiger partial charge in [0.1, 0.15) is 5.60 Å². The molecular formula is C24H34O7. The molecular weight excluding hydrogens is 400 g/mol. The standard InChI is InChI=1S/C24H34O7/c1-4-30-21(28)31-13-19(27)24(29)10-8-17-16-6-5-14-11-15(25)7-9-22(14,2)20(16)18(26)12-23(17,24)3/h11,16-18,20,26,29H,4-10,12-13H2,1-3H3/t16?,17?,18?,20?,22?,23?,24-/m0/s1. The van der Waals surface area contributed by atoms with Gasteiger partial charge >= 0.3 is 6.16 Å². The first kappa shape index (κ1) is 22.5. The molecule has 3 fully saturated rings. The van der Waals surface area contributed by atoms with Gasteiger partial charge < -0.3 is 19.7 Å². The van der Waals surface area contributed by atoms with Crippen molar-refractivity contribution in [1.82, 2.24) is 0 Å². The van der Waals surface area contributed by atoms with Gasteiger partial charge in [0.05, 0.1) is 12.7 Å². The fourth-order valence-electron chi connectivity index (χ4n) is 7.55. The molecule has 0 aliphatic heterocycles. The van der Waals surface area contributed by atoms with E-state index in [-0.39, 0.29) is 35.6 Å². The Morgan fingerprint density at radius 1 is 1.16 bits per heavy atom. The molecule has 2 N–H and O–H groups in total. The Morgan fingerprint density at radius 2 is 1.90 bits per heavy atom. The minimum Gasteiger partial charge on any atom is -0.435 e. The van der Waals surface area contributed by atoms with Crippen LogP contribution in [0.2, 0.25) is 0 Å². The maximum atomic E-state index is 13.0. The molecule has 0 heterocycles. The number of rotatable bonds is 4. The van der Waals surface area contributed by atoms with Crippen LogP contribution in [0.1, 0.15) is 65.7 Å². The lowest BCUT2D eigenvalue weighted by atomic mass is 9.45. The van der Waals surface area contributed by atoms with Crippen molar-refractivity contribution in [3.63, 3.8) is 0 Å². The van der Waals surface area contributed by atoms with Crippen molar-refractivity contribution < 1.29 is 34.1 Å². The van der Waals surface area contributed by atoms with Crippen LogP contribution in [-0.4, -0.2) is 52.9 Å². The number of ether oxygens (including phenoxy) is 2. The molecule has 4 aliphatic carbocycles. The van der Waals surface area contributed by atoms with E-state index in [2.05, 4.69) is 6.92 Å². The molecule has 31 heavy (non-hydrogen) atoms. The van der Waals surface area contributed by atoms with Gasteiger partial charge in [-0.15, -0.1) is 0 Å². The van der Waals surface area contributed by atoms with Crippen LogP contribution < -0.4 is 0 Å². The van der Waals surface area contributed by atoms with Crippen LogP contribution in [0.5, 0.6) is 0 Å². The Morgan fingerprint density at radius 3 is 2.61 bits per heavy atom. The van der Waals surface area contributed by atoms with Crippen molar-refractivity contribution in [1.29, 1.82) is 0 Å². The third-order valence-electron chi connectivity index (χ3n) is 9.09. The summed E-state index contributed by atoms with van der Waals surface area (Å²) >= 11 is 0. The molecule has 0 radical (unpaired) electrons. The van der Waals surface area contributed by atoms with Gasteiger partial charge in [-0.3, -0.25) is 9.59 Å². The number of hydrogen-bond donors (Lipinski definition) is 2. The first-order valence-corrected chi connectivity index (χ1v) is 11.5. The largest absolute Gasteiger partial charge is 0.508 e. The van der Waals surface area contributed by atoms with Crippen LogP contribution in [0.25, 0.3) is 0 Å². The predicted octanol–water partition coefficient (Wildman–Crippen LogP) is 2.96. The Hall–Kier alpha value is -1.73. The molecule has 0 aromatic rings. The quantitative estimate of drug-likeness (QED) is 0.655. The Labute approximate surface area is 183 Å². The molecule has 4 rings (SSSR count). The monoisotopic (exact) mass is 434 g/mol. The molecule has 0 aromatic heterocycles. The number of Topliss-reactive ketones (excluding diaryl/α,β-unsaturated/α-hetero) is 1. The maximum Gasteiger partial charge on any atom is 0.508 e. The van der Waals surface area contributed by atoms with Crippen molar-refractivity contribution in [3.05, 3.63) is 11.6 Å². The first-order valence-electron chi connectivity index (χ1n) is 11.5. The molecule has 0 bridgehead atoms. The van der Waals surface area contributed by atoms with E-state index in [4.69, 9.17) is 9.47 Å². The zero-order chi connectivity index (χ0) is 22.6. The van der Waals surface area contributed by atoms with E-state index in [1.165, 1.54) is 0 Å². The first-order chi connectivity index (χ1) is 14.6. The van der Waals surface area contributed by atoms with Gasteiger partial charge in [0.25, 0.3) is 0 Å². The second kappa shape index (κ2) is 7.69. The van der Waals surface area contributed by atoms with E-state index in [9.17, 15) is 24.6 Å². The summed E-state index contributed by atoms with van der Waals surface area (Å²) < 4.78 is 9.62. The Bertz CT molecular complexity index is 819. The lowest BCUT2D eigenvalue weighted by molar-refractivity contribution is -0.182. The van der Waals surface area contributed by atoms with Gasteiger partial charge in [-0.25, -0.2) is 4.79 Å². The van der Waals surface area contributed by atoms with E-state index in [1.807, 2.05) is 6.92 Å². The average molecular weight is 435 g/mol. The molecule has 4 aliphatic rings. The fourth-order valence-corrected chi connectivity index (χ4v) is 7.55. The predicted molar refractivity (Wildman–Crippen MR) is 111 cm³/mol. The lowest BCUT2D eigenvalue weighted by Crippen LogP contribution is -2.62. The molecule has 0 spiro atoms. The van der Waals surface area contributed by atoms with Crippen LogP contribution in [0.15, 0.2) is 11.6 Å². The molecule has 0 aromatic carbocycles. The molecule has 172 valence electrons. The van der Waals surface area contributed by atoms with Crippen molar-refractivity contribution in [2.75, 3.05) is 13.2 Å². The van der Waals surface area contributed by atoms with Crippen LogP contribution in [0, 0.1) is 28.6 Å². The summed E-state index contributed by atoms with van der Waals surface area (Å²) in [5, 5.41) is 22.9. The summed E-state index contributed by atoms with van der Waals surface area (Å²) in [6, 6.07) is 0. The van der Waals surface area contributed by atoms with E-state index < -0.39 is 35.7 Å². The van der Waals surface area contributed by atoms with Crippen molar-refractivity contribution >= 4 is 17.7 Å². The summed E-state index contributed by atoms with van der Waals surface area (Å²) in [5.41, 5.74) is -1.49. The summed E-state index contributed by atoms with van der Waals surface area (Å²) in [4.78, 5) is 36.5. The molecule has 6 unspecified atom stereocenters. The average Bonchev–Trinajstić information content (AvgIpc) is 2.98. The van der Waals surface area contributed by atoms with Gasteiger partial charge in [0.2, 0.25) is 5.78 Å². The summed E-state index contributed by atoms with van der Waals surface area (Å²) in [6.07, 6.45) is 4.43. The van der Waals surface area contributed by atoms with E-state index in [0.29, 0.717) is 25.7 Å². The number of aliphatic hydroxyl groups excluding tert-OH is 1. The van der Waals surface area contributed by atoms with Gasteiger partial charge in [-0.2, -0.15) is 0 Å². The minimum atomic E-state index is -1.64. The van der Waals surface area contributed by atoms with Gasteiger partial charge in [-0.1, -0.05) is 19.4 Å². The van der Waals surface area contributed by atoms with Crippen LogP contribution in [0.4, 0.5) is 4.79 Å². The van der Waals surface area contributed by atoms with Crippen molar-refractivity contribution in [2.45, 2.75) is 77.4 Å². The molecule has 0 amide bonds. The molecule has 7 nitrogen and oxygen atoms in total. The summed E-state index contributed by atoms with van der Waals surface area (Å²) in [6.45, 7) is 5.34. The third kappa shape index (κ3) is 3.27. The topological polar surface area (TPSA) is 110 Å². The van der Waals surface area contributed by atoms with E-state index >= 15 is 0 Å². The number of aliphatic hydroxyl groups is 2. The lowest BCUT2D eigenvalue weighted by Gasteiger charge is -2.60. The molecule has 7 heteroatoms. The SMILES string of the molecule is CCOC(=O)OCC(=O)[C@@]1(O)CCC2C3CCC4=CC(=O)CCC4(C)C3C(O)CC21C. The number of ketones is 2. The number of hydrogen-bond acceptors (Lipinski definition) is 7. The maximum absolute atomic E-state index is 13.0.